The third-order valence-corrected chi connectivity index (χ3v) is 7.94. The van der Waals surface area contributed by atoms with Gasteiger partial charge < -0.3 is 10.2 Å². The highest BCUT2D eigenvalue weighted by atomic mass is 32.2. The van der Waals surface area contributed by atoms with Crippen LogP contribution in [0.15, 0.2) is 53.4 Å². The Labute approximate surface area is 179 Å². The topological polar surface area (TPSA) is 74.3 Å². The lowest BCUT2D eigenvalue weighted by molar-refractivity contribution is -0.683. The van der Waals surface area contributed by atoms with Crippen LogP contribution in [0.1, 0.15) is 43.5 Å². The maximum absolute atomic E-state index is 12.7. The third kappa shape index (κ3) is 4.91. The van der Waals surface area contributed by atoms with Gasteiger partial charge in [-0.15, -0.1) is 0 Å². The summed E-state index contributed by atoms with van der Waals surface area (Å²) < 4.78 is 26.7. The SMILES string of the molecule is CCN(CC)S(=O)(=O)c1ccc([C@H](C)[NH2+]CC(=O)N2CCc3ccccc3C2)cc1. The Hall–Kier alpha value is -2.22. The van der Waals surface area contributed by atoms with Gasteiger partial charge in [-0.05, 0) is 36.6 Å². The number of hydrogen-bond donors (Lipinski definition) is 1. The molecule has 0 unspecified atom stereocenters. The molecule has 0 radical (unpaired) electrons. The van der Waals surface area contributed by atoms with Gasteiger partial charge in [-0.1, -0.05) is 50.2 Å². The number of quaternary nitrogens is 1. The minimum atomic E-state index is -3.45. The van der Waals surface area contributed by atoms with Crippen molar-refractivity contribution in [3.05, 3.63) is 65.2 Å². The lowest BCUT2D eigenvalue weighted by Gasteiger charge is -2.28. The molecule has 3 rings (SSSR count). The van der Waals surface area contributed by atoms with E-state index in [1.807, 2.05) is 55.3 Å². The molecular weight excluding hydrogens is 398 g/mol. The van der Waals surface area contributed by atoms with Gasteiger partial charge in [0, 0.05) is 31.7 Å². The average Bonchev–Trinajstić information content (AvgIpc) is 2.77. The maximum Gasteiger partial charge on any atom is 0.278 e. The molecule has 30 heavy (non-hydrogen) atoms. The van der Waals surface area contributed by atoms with Gasteiger partial charge in [0.25, 0.3) is 5.91 Å². The lowest BCUT2D eigenvalue weighted by atomic mass is 10.00. The Kier molecular flexibility index (Phi) is 7.28. The summed E-state index contributed by atoms with van der Waals surface area (Å²) in [6.45, 7) is 8.43. The maximum atomic E-state index is 12.7. The largest absolute Gasteiger partial charge is 0.333 e. The van der Waals surface area contributed by atoms with E-state index in [0.29, 0.717) is 31.1 Å². The van der Waals surface area contributed by atoms with Gasteiger partial charge >= 0.3 is 0 Å². The van der Waals surface area contributed by atoms with E-state index in [4.69, 9.17) is 0 Å². The molecule has 2 N–H and O–H groups in total. The number of rotatable bonds is 8. The first-order chi connectivity index (χ1) is 14.4. The summed E-state index contributed by atoms with van der Waals surface area (Å²) in [4.78, 5) is 14.9. The van der Waals surface area contributed by atoms with Crippen molar-refractivity contribution in [2.24, 2.45) is 0 Å². The van der Waals surface area contributed by atoms with E-state index in [0.717, 1.165) is 18.5 Å². The molecule has 0 bridgehead atoms. The summed E-state index contributed by atoms with van der Waals surface area (Å²) in [5, 5.41) is 2.01. The normalized spacial score (nSPS) is 15.1. The predicted molar refractivity (Wildman–Crippen MR) is 117 cm³/mol. The fourth-order valence-electron chi connectivity index (χ4n) is 3.91. The van der Waals surface area contributed by atoms with E-state index in [1.54, 1.807) is 12.1 Å². The summed E-state index contributed by atoms with van der Waals surface area (Å²) in [5.74, 6) is 0.136. The van der Waals surface area contributed by atoms with Crippen molar-refractivity contribution in [1.82, 2.24) is 9.21 Å². The zero-order valence-electron chi connectivity index (χ0n) is 18.0. The minimum Gasteiger partial charge on any atom is -0.333 e. The van der Waals surface area contributed by atoms with Crippen molar-refractivity contribution < 1.29 is 18.5 Å². The zero-order chi connectivity index (χ0) is 21.7. The molecule has 0 saturated heterocycles. The number of sulfonamides is 1. The van der Waals surface area contributed by atoms with Crippen LogP contribution in [0, 0.1) is 0 Å². The number of hydrogen-bond acceptors (Lipinski definition) is 3. The molecule has 1 aliphatic heterocycles. The quantitative estimate of drug-likeness (QED) is 0.695. The van der Waals surface area contributed by atoms with E-state index >= 15 is 0 Å². The fourth-order valence-corrected chi connectivity index (χ4v) is 5.37. The van der Waals surface area contributed by atoms with Gasteiger partial charge in [0.1, 0.15) is 6.04 Å². The van der Waals surface area contributed by atoms with Crippen molar-refractivity contribution >= 4 is 15.9 Å². The molecule has 0 aliphatic carbocycles. The minimum absolute atomic E-state index is 0.0660. The van der Waals surface area contributed by atoms with E-state index in [2.05, 4.69) is 12.1 Å². The summed E-state index contributed by atoms with van der Waals surface area (Å²) >= 11 is 0. The summed E-state index contributed by atoms with van der Waals surface area (Å²) in [6, 6.07) is 15.4. The number of carbonyl (C=O) groups is 1. The van der Waals surface area contributed by atoms with Gasteiger partial charge in [-0.3, -0.25) is 4.79 Å². The van der Waals surface area contributed by atoms with E-state index in [1.165, 1.54) is 15.4 Å². The molecule has 1 atom stereocenters. The number of nitrogens with two attached hydrogens (primary N) is 1. The smallest absolute Gasteiger partial charge is 0.278 e. The Balaban J connectivity index is 1.57. The number of nitrogens with zero attached hydrogens (tertiary/aromatic N) is 2. The van der Waals surface area contributed by atoms with Gasteiger partial charge in [0.05, 0.1) is 4.90 Å². The molecule has 2 aromatic carbocycles. The summed E-state index contributed by atoms with van der Waals surface area (Å²) in [5.41, 5.74) is 3.57. The fraction of sp³-hybridized carbons (Fsp3) is 0.435. The first kappa shape index (κ1) is 22.5. The first-order valence-corrected chi connectivity index (χ1v) is 12.1. The highest BCUT2D eigenvalue weighted by Gasteiger charge is 2.24. The molecular formula is C23H32N3O3S+. The van der Waals surface area contributed by atoms with Crippen molar-refractivity contribution in [3.8, 4) is 0 Å². The second-order valence-electron chi connectivity index (χ2n) is 7.72. The molecule has 1 heterocycles. The predicted octanol–water partition coefficient (Wildman–Crippen LogP) is 1.93. The first-order valence-electron chi connectivity index (χ1n) is 10.6. The molecule has 0 saturated carbocycles. The zero-order valence-corrected chi connectivity index (χ0v) is 18.9. The number of amides is 1. The lowest BCUT2D eigenvalue weighted by Crippen LogP contribution is -2.87. The molecule has 0 fully saturated rings. The number of fused-ring (bicyclic) bond motifs is 1. The van der Waals surface area contributed by atoms with Crippen LogP contribution in [0.5, 0.6) is 0 Å². The molecule has 1 aliphatic rings. The standard InChI is InChI=1S/C23H31N3O3S/c1-4-26(5-2)30(28,29)22-12-10-19(11-13-22)18(3)24-16-23(27)25-15-14-20-8-6-7-9-21(20)17-25/h6-13,18,24H,4-5,14-17H2,1-3H3/p+1/t18-/m0/s1. The Morgan fingerprint density at radius 1 is 1.07 bits per heavy atom. The van der Waals surface area contributed by atoms with E-state index in [-0.39, 0.29) is 11.9 Å². The van der Waals surface area contributed by atoms with Crippen molar-refractivity contribution in [2.45, 2.75) is 44.7 Å². The van der Waals surface area contributed by atoms with E-state index in [9.17, 15) is 13.2 Å². The number of carbonyl (C=O) groups excluding carboxylic acids is 1. The molecule has 6 nitrogen and oxygen atoms in total. The molecule has 0 aromatic heterocycles. The van der Waals surface area contributed by atoms with Crippen LogP contribution in [0.25, 0.3) is 0 Å². The third-order valence-electron chi connectivity index (χ3n) is 5.88. The van der Waals surface area contributed by atoms with Crippen molar-refractivity contribution in [1.29, 1.82) is 0 Å². The van der Waals surface area contributed by atoms with Crippen molar-refractivity contribution in [3.63, 3.8) is 0 Å². The van der Waals surface area contributed by atoms with Gasteiger partial charge in [0.2, 0.25) is 10.0 Å². The monoisotopic (exact) mass is 430 g/mol. The average molecular weight is 431 g/mol. The summed E-state index contributed by atoms with van der Waals surface area (Å²) in [7, 11) is -3.45. The Bertz CT molecular complexity index is 969. The molecule has 1 amide bonds. The van der Waals surface area contributed by atoms with Crippen LogP contribution in [-0.2, 0) is 27.8 Å². The van der Waals surface area contributed by atoms with Gasteiger partial charge in [-0.25, -0.2) is 8.42 Å². The molecule has 0 spiro atoms. The summed E-state index contributed by atoms with van der Waals surface area (Å²) in [6.07, 6.45) is 0.903. The Morgan fingerprint density at radius 2 is 1.70 bits per heavy atom. The van der Waals surface area contributed by atoms with Crippen LogP contribution in [0.2, 0.25) is 0 Å². The van der Waals surface area contributed by atoms with Crippen LogP contribution in [-0.4, -0.2) is 49.7 Å². The van der Waals surface area contributed by atoms with Gasteiger partial charge in [0.15, 0.2) is 6.54 Å². The highest BCUT2D eigenvalue weighted by Crippen LogP contribution is 2.19. The van der Waals surface area contributed by atoms with Crippen LogP contribution >= 0.6 is 0 Å². The van der Waals surface area contributed by atoms with Crippen LogP contribution in [0.3, 0.4) is 0 Å². The molecule has 162 valence electrons. The van der Waals surface area contributed by atoms with E-state index < -0.39 is 10.0 Å². The number of benzene rings is 2. The molecule has 7 heteroatoms. The Morgan fingerprint density at radius 3 is 2.33 bits per heavy atom. The highest BCUT2D eigenvalue weighted by molar-refractivity contribution is 7.89. The van der Waals surface area contributed by atoms with Crippen LogP contribution < -0.4 is 5.32 Å². The second kappa shape index (κ2) is 9.73. The van der Waals surface area contributed by atoms with Gasteiger partial charge in [-0.2, -0.15) is 4.31 Å². The molecule has 2 aromatic rings. The van der Waals surface area contributed by atoms with Crippen LogP contribution in [0.4, 0.5) is 0 Å². The second-order valence-corrected chi connectivity index (χ2v) is 9.66. The van der Waals surface area contributed by atoms with Crippen molar-refractivity contribution in [2.75, 3.05) is 26.2 Å².